The van der Waals surface area contributed by atoms with Crippen LogP contribution in [0.3, 0.4) is 0 Å². The Morgan fingerprint density at radius 2 is 2.27 bits per heavy atom. The van der Waals surface area contributed by atoms with Gasteiger partial charge in [0.05, 0.1) is 12.2 Å². The molecule has 22 heavy (non-hydrogen) atoms. The van der Waals surface area contributed by atoms with Crippen molar-refractivity contribution in [3.8, 4) is 0 Å². The predicted octanol–water partition coefficient (Wildman–Crippen LogP) is 1.85. The Hall–Kier alpha value is -2.21. The van der Waals surface area contributed by atoms with Crippen LogP contribution in [-0.4, -0.2) is 40.1 Å². The number of pyridine rings is 1. The van der Waals surface area contributed by atoms with E-state index >= 15 is 0 Å². The lowest BCUT2D eigenvalue weighted by Gasteiger charge is -2.30. The molecule has 0 aromatic carbocycles. The Labute approximate surface area is 129 Å². The minimum absolute atomic E-state index is 0.0914. The van der Waals surface area contributed by atoms with Gasteiger partial charge in [0.25, 0.3) is 5.91 Å². The molecular formula is C16H20N4O2. The summed E-state index contributed by atoms with van der Waals surface area (Å²) in [6.07, 6.45) is 6.18. The summed E-state index contributed by atoms with van der Waals surface area (Å²) in [6.45, 7) is 2.43. The monoisotopic (exact) mass is 300 g/mol. The van der Waals surface area contributed by atoms with Crippen molar-refractivity contribution in [1.29, 1.82) is 0 Å². The fourth-order valence-corrected chi connectivity index (χ4v) is 2.82. The molecule has 3 heterocycles. The van der Waals surface area contributed by atoms with Crippen molar-refractivity contribution < 1.29 is 9.32 Å². The first kappa shape index (κ1) is 14.7. The zero-order valence-corrected chi connectivity index (χ0v) is 12.4. The molecular weight excluding hydrogens is 280 g/mol. The first-order chi connectivity index (χ1) is 10.8. The summed E-state index contributed by atoms with van der Waals surface area (Å²) in [5.74, 6) is -0.0914. The Morgan fingerprint density at radius 1 is 1.32 bits per heavy atom. The van der Waals surface area contributed by atoms with Gasteiger partial charge in [0.1, 0.15) is 6.26 Å². The highest BCUT2D eigenvalue weighted by molar-refractivity contribution is 5.92. The van der Waals surface area contributed by atoms with E-state index in [-0.39, 0.29) is 11.9 Å². The topological polar surface area (TPSA) is 71.3 Å². The van der Waals surface area contributed by atoms with Gasteiger partial charge in [-0.15, -0.1) is 0 Å². The summed E-state index contributed by atoms with van der Waals surface area (Å²) >= 11 is 0. The summed E-state index contributed by atoms with van der Waals surface area (Å²) in [5, 5.41) is 7.18. The molecule has 1 atom stereocenters. The fraction of sp³-hybridized carbons (Fsp3) is 0.438. The fourth-order valence-electron chi connectivity index (χ4n) is 2.82. The van der Waals surface area contributed by atoms with E-state index in [1.807, 2.05) is 23.1 Å². The average Bonchev–Trinajstić information content (AvgIpc) is 2.96. The minimum atomic E-state index is -0.0914. The number of hydrogen-bond donors (Lipinski definition) is 1. The van der Waals surface area contributed by atoms with E-state index in [1.165, 1.54) is 6.26 Å². The smallest absolute Gasteiger partial charge is 0.276 e. The Kier molecular flexibility index (Phi) is 4.80. The molecule has 116 valence electrons. The summed E-state index contributed by atoms with van der Waals surface area (Å²) in [4.78, 5) is 19.0. The van der Waals surface area contributed by atoms with Crippen LogP contribution in [0.4, 0.5) is 0 Å². The quantitative estimate of drug-likeness (QED) is 0.933. The zero-order chi connectivity index (χ0) is 15.2. The molecule has 0 radical (unpaired) electrons. The molecule has 2 aromatic rings. The van der Waals surface area contributed by atoms with Crippen LogP contribution >= 0.6 is 0 Å². The average molecular weight is 300 g/mol. The zero-order valence-electron chi connectivity index (χ0n) is 12.4. The van der Waals surface area contributed by atoms with Crippen LogP contribution in [-0.2, 0) is 6.54 Å². The molecule has 0 spiro atoms. The van der Waals surface area contributed by atoms with Gasteiger partial charge in [-0.3, -0.25) is 9.78 Å². The van der Waals surface area contributed by atoms with E-state index < -0.39 is 0 Å². The maximum atomic E-state index is 12.8. The second kappa shape index (κ2) is 7.17. The Balaban J connectivity index is 1.82. The molecule has 6 nitrogen and oxygen atoms in total. The third-order valence-corrected chi connectivity index (χ3v) is 3.96. The highest BCUT2D eigenvalue weighted by Gasteiger charge is 2.27. The molecule has 6 heteroatoms. The maximum Gasteiger partial charge on any atom is 0.276 e. The van der Waals surface area contributed by atoms with Crippen LogP contribution in [0.2, 0.25) is 0 Å². The highest BCUT2D eigenvalue weighted by Crippen LogP contribution is 2.18. The summed E-state index contributed by atoms with van der Waals surface area (Å²) in [6, 6.07) is 7.57. The van der Waals surface area contributed by atoms with Gasteiger partial charge in [0, 0.05) is 18.3 Å². The summed E-state index contributed by atoms with van der Waals surface area (Å²) < 4.78 is 4.82. The molecule has 0 unspecified atom stereocenters. The van der Waals surface area contributed by atoms with Crippen molar-refractivity contribution in [2.24, 2.45) is 0 Å². The molecule has 0 saturated carbocycles. The number of aromatic nitrogens is 2. The lowest BCUT2D eigenvalue weighted by molar-refractivity contribution is 0.0631. The van der Waals surface area contributed by atoms with Crippen molar-refractivity contribution in [2.45, 2.75) is 31.8 Å². The normalized spacial score (nSPS) is 18.6. The third-order valence-electron chi connectivity index (χ3n) is 3.96. The van der Waals surface area contributed by atoms with Crippen molar-refractivity contribution in [3.63, 3.8) is 0 Å². The molecule has 3 rings (SSSR count). The SMILES string of the molecule is O=C(c1ccon1)N(Cc1ccccn1)[C@H]1CCCNCC1. The maximum absolute atomic E-state index is 12.8. The number of hydrogen-bond acceptors (Lipinski definition) is 5. The van der Waals surface area contributed by atoms with E-state index in [2.05, 4.69) is 15.5 Å². The standard InChI is InChI=1S/C16H20N4O2/c21-16(15-7-11-22-19-15)20(12-13-4-1-2-9-18-13)14-5-3-8-17-10-6-14/h1-2,4,7,9,11,14,17H,3,5-6,8,10,12H2/t14-/m0/s1. The second-order valence-electron chi connectivity index (χ2n) is 5.47. The molecule has 0 aliphatic carbocycles. The van der Waals surface area contributed by atoms with Crippen LogP contribution < -0.4 is 5.32 Å². The van der Waals surface area contributed by atoms with Crippen molar-refractivity contribution in [2.75, 3.05) is 13.1 Å². The van der Waals surface area contributed by atoms with Crippen LogP contribution in [0, 0.1) is 0 Å². The molecule has 1 fully saturated rings. The van der Waals surface area contributed by atoms with E-state index in [9.17, 15) is 4.79 Å². The Bertz CT molecular complexity index is 577. The lowest BCUT2D eigenvalue weighted by atomic mass is 10.1. The minimum Gasteiger partial charge on any atom is -0.364 e. The van der Waals surface area contributed by atoms with Gasteiger partial charge in [-0.1, -0.05) is 11.2 Å². The van der Waals surface area contributed by atoms with Crippen LogP contribution in [0.5, 0.6) is 0 Å². The van der Waals surface area contributed by atoms with E-state index in [4.69, 9.17) is 4.52 Å². The Morgan fingerprint density at radius 3 is 3.05 bits per heavy atom. The third kappa shape index (κ3) is 3.51. The molecule has 2 aromatic heterocycles. The number of rotatable bonds is 4. The van der Waals surface area contributed by atoms with E-state index in [0.717, 1.165) is 38.0 Å². The molecule has 0 bridgehead atoms. The number of nitrogens with one attached hydrogen (secondary N) is 1. The first-order valence-electron chi connectivity index (χ1n) is 7.66. The predicted molar refractivity (Wildman–Crippen MR) is 81.1 cm³/mol. The molecule has 1 saturated heterocycles. The van der Waals surface area contributed by atoms with Gasteiger partial charge in [-0.05, 0) is 44.5 Å². The van der Waals surface area contributed by atoms with Crippen LogP contribution in [0.1, 0.15) is 35.4 Å². The van der Waals surface area contributed by atoms with E-state index in [0.29, 0.717) is 12.2 Å². The molecule has 1 amide bonds. The van der Waals surface area contributed by atoms with Crippen molar-refractivity contribution in [1.82, 2.24) is 20.4 Å². The number of carbonyl (C=O) groups is 1. The largest absolute Gasteiger partial charge is 0.364 e. The first-order valence-corrected chi connectivity index (χ1v) is 7.66. The van der Waals surface area contributed by atoms with Gasteiger partial charge in [0.15, 0.2) is 5.69 Å². The highest BCUT2D eigenvalue weighted by atomic mass is 16.5. The molecule has 1 aliphatic rings. The molecule has 1 aliphatic heterocycles. The van der Waals surface area contributed by atoms with Crippen molar-refractivity contribution >= 4 is 5.91 Å². The van der Waals surface area contributed by atoms with E-state index in [1.54, 1.807) is 12.3 Å². The lowest BCUT2D eigenvalue weighted by Crippen LogP contribution is -2.40. The number of carbonyl (C=O) groups excluding carboxylic acids is 1. The van der Waals surface area contributed by atoms with Gasteiger partial charge < -0.3 is 14.7 Å². The van der Waals surface area contributed by atoms with Crippen LogP contribution in [0.25, 0.3) is 0 Å². The summed E-state index contributed by atoms with van der Waals surface area (Å²) in [7, 11) is 0. The van der Waals surface area contributed by atoms with Gasteiger partial charge in [0.2, 0.25) is 0 Å². The number of nitrogens with zero attached hydrogens (tertiary/aromatic N) is 3. The second-order valence-corrected chi connectivity index (χ2v) is 5.47. The van der Waals surface area contributed by atoms with Gasteiger partial charge >= 0.3 is 0 Å². The molecule has 1 N–H and O–H groups in total. The van der Waals surface area contributed by atoms with Gasteiger partial charge in [-0.25, -0.2) is 0 Å². The van der Waals surface area contributed by atoms with Crippen molar-refractivity contribution in [3.05, 3.63) is 48.1 Å². The number of amides is 1. The van der Waals surface area contributed by atoms with Gasteiger partial charge in [-0.2, -0.15) is 0 Å². The van der Waals surface area contributed by atoms with Crippen LogP contribution in [0.15, 0.2) is 41.2 Å². The summed E-state index contributed by atoms with van der Waals surface area (Å²) in [5.41, 5.74) is 1.24.